The third kappa shape index (κ3) is 4.45. The predicted octanol–water partition coefficient (Wildman–Crippen LogP) is 2.82. The van der Waals surface area contributed by atoms with Crippen LogP contribution < -0.4 is 10.5 Å². The summed E-state index contributed by atoms with van der Waals surface area (Å²) in [5, 5.41) is 0. The zero-order chi connectivity index (χ0) is 15.5. The monoisotopic (exact) mass is 302 g/mol. The number of anilines is 1. The van der Waals surface area contributed by atoms with Crippen LogP contribution in [0.5, 0.6) is 0 Å². The van der Waals surface area contributed by atoms with Crippen molar-refractivity contribution in [2.24, 2.45) is 5.92 Å². The Morgan fingerprint density at radius 3 is 2.35 bits per heavy atom. The van der Waals surface area contributed by atoms with Crippen molar-refractivity contribution in [3.05, 3.63) is 23.5 Å². The molecule has 0 heterocycles. The second-order valence-electron chi connectivity index (χ2n) is 5.61. The molecular weight excluding hydrogens is 279 g/mol. The van der Waals surface area contributed by atoms with Gasteiger partial charge >= 0.3 is 0 Å². The van der Waals surface area contributed by atoms with Crippen molar-refractivity contribution < 1.29 is 12.8 Å². The molecule has 0 amide bonds. The second-order valence-corrected chi connectivity index (χ2v) is 7.33. The molecule has 1 rings (SSSR count). The first-order valence-corrected chi connectivity index (χ1v) is 8.19. The number of nitrogens with two attached hydrogens (primary N) is 1. The van der Waals surface area contributed by atoms with E-state index in [2.05, 4.69) is 18.6 Å². The molecule has 0 aliphatic carbocycles. The fourth-order valence-corrected chi connectivity index (χ4v) is 3.13. The van der Waals surface area contributed by atoms with Crippen molar-refractivity contribution in [1.82, 2.24) is 4.72 Å². The van der Waals surface area contributed by atoms with Crippen LogP contribution in [-0.4, -0.2) is 14.5 Å². The van der Waals surface area contributed by atoms with Gasteiger partial charge in [-0.15, -0.1) is 0 Å². The first-order valence-electron chi connectivity index (χ1n) is 6.71. The molecule has 0 aliphatic rings. The highest BCUT2D eigenvalue weighted by molar-refractivity contribution is 7.89. The number of hydrogen-bond donors (Lipinski definition) is 2. The van der Waals surface area contributed by atoms with E-state index in [0.717, 1.165) is 18.9 Å². The average Bonchev–Trinajstić information content (AvgIpc) is 2.32. The summed E-state index contributed by atoms with van der Waals surface area (Å²) in [6.07, 6.45) is 1.66. The van der Waals surface area contributed by atoms with E-state index in [1.54, 1.807) is 6.92 Å². The maximum absolute atomic E-state index is 13.6. The van der Waals surface area contributed by atoms with Gasteiger partial charge in [-0.1, -0.05) is 13.8 Å². The van der Waals surface area contributed by atoms with Crippen molar-refractivity contribution in [1.29, 1.82) is 0 Å². The van der Waals surface area contributed by atoms with Gasteiger partial charge in [0.15, 0.2) is 0 Å². The van der Waals surface area contributed by atoms with Gasteiger partial charge < -0.3 is 5.73 Å². The summed E-state index contributed by atoms with van der Waals surface area (Å²) in [7, 11) is -3.74. The zero-order valence-corrected chi connectivity index (χ0v) is 13.2. The first kappa shape index (κ1) is 16.9. The van der Waals surface area contributed by atoms with Crippen LogP contribution >= 0.6 is 0 Å². The third-order valence-corrected chi connectivity index (χ3v) is 4.77. The Hall–Kier alpha value is -1.14. The van der Waals surface area contributed by atoms with Crippen LogP contribution in [0.25, 0.3) is 0 Å². The number of hydrogen-bond acceptors (Lipinski definition) is 3. The van der Waals surface area contributed by atoms with Crippen LogP contribution in [0.4, 0.5) is 10.1 Å². The summed E-state index contributed by atoms with van der Waals surface area (Å²) >= 11 is 0. The van der Waals surface area contributed by atoms with E-state index in [9.17, 15) is 12.8 Å². The molecule has 0 radical (unpaired) electrons. The Bertz CT molecular complexity index is 548. The van der Waals surface area contributed by atoms with E-state index in [-0.39, 0.29) is 22.2 Å². The molecule has 4 nitrogen and oxygen atoms in total. The molecular formula is C14H23FN2O2S. The lowest BCUT2D eigenvalue weighted by Gasteiger charge is -2.16. The Kier molecular flexibility index (Phi) is 5.53. The summed E-state index contributed by atoms with van der Waals surface area (Å²) < 4.78 is 40.5. The Balaban J connectivity index is 2.89. The standard InChI is InChI=1S/C14H23FN2O2S/c1-9(2)5-6-10(3)17-20(18,19)12-7-13(15)11(4)14(16)8-12/h7-10,17H,5-6,16H2,1-4H3. The maximum atomic E-state index is 13.6. The Morgan fingerprint density at radius 1 is 1.25 bits per heavy atom. The van der Waals surface area contributed by atoms with Crippen LogP contribution in [0.3, 0.4) is 0 Å². The van der Waals surface area contributed by atoms with E-state index in [1.165, 1.54) is 13.0 Å². The van der Waals surface area contributed by atoms with Crippen LogP contribution in [0.1, 0.15) is 39.2 Å². The van der Waals surface area contributed by atoms with E-state index < -0.39 is 15.8 Å². The molecule has 1 aromatic carbocycles. The van der Waals surface area contributed by atoms with E-state index in [0.29, 0.717) is 5.92 Å². The minimum Gasteiger partial charge on any atom is -0.398 e. The smallest absolute Gasteiger partial charge is 0.240 e. The second kappa shape index (κ2) is 6.54. The maximum Gasteiger partial charge on any atom is 0.240 e. The highest BCUT2D eigenvalue weighted by Crippen LogP contribution is 2.21. The Labute approximate surface area is 120 Å². The zero-order valence-electron chi connectivity index (χ0n) is 12.4. The van der Waals surface area contributed by atoms with Crippen molar-refractivity contribution in [3.8, 4) is 0 Å². The fraction of sp³-hybridized carbons (Fsp3) is 0.571. The summed E-state index contributed by atoms with van der Waals surface area (Å²) in [4.78, 5) is -0.130. The fourth-order valence-electron chi connectivity index (χ4n) is 1.80. The lowest BCUT2D eigenvalue weighted by molar-refractivity contribution is 0.485. The van der Waals surface area contributed by atoms with Crippen molar-refractivity contribution in [2.45, 2.75) is 51.5 Å². The van der Waals surface area contributed by atoms with Gasteiger partial charge in [-0.25, -0.2) is 17.5 Å². The van der Waals surface area contributed by atoms with Crippen molar-refractivity contribution in [3.63, 3.8) is 0 Å². The van der Waals surface area contributed by atoms with Gasteiger partial charge in [-0.05, 0) is 44.7 Å². The van der Waals surface area contributed by atoms with E-state index >= 15 is 0 Å². The van der Waals surface area contributed by atoms with Crippen LogP contribution in [0.2, 0.25) is 0 Å². The van der Waals surface area contributed by atoms with Crippen LogP contribution in [0, 0.1) is 18.7 Å². The molecule has 6 heteroatoms. The third-order valence-electron chi connectivity index (χ3n) is 3.20. The number of nitrogen functional groups attached to an aromatic ring is 1. The van der Waals surface area contributed by atoms with E-state index in [4.69, 9.17) is 5.73 Å². The summed E-state index contributed by atoms with van der Waals surface area (Å²) in [5.74, 6) is -0.102. The minimum atomic E-state index is -3.74. The van der Waals surface area contributed by atoms with Crippen molar-refractivity contribution in [2.75, 3.05) is 5.73 Å². The highest BCUT2D eigenvalue weighted by atomic mass is 32.2. The lowest BCUT2D eigenvalue weighted by Crippen LogP contribution is -2.33. The molecule has 0 bridgehead atoms. The molecule has 3 N–H and O–H groups in total. The SMILES string of the molecule is Cc1c(N)cc(S(=O)(=O)NC(C)CCC(C)C)cc1F. The number of halogens is 1. The molecule has 1 unspecified atom stereocenters. The van der Waals surface area contributed by atoms with Gasteiger partial charge in [0.05, 0.1) is 4.90 Å². The molecule has 0 saturated carbocycles. The number of nitrogens with one attached hydrogen (secondary N) is 1. The largest absolute Gasteiger partial charge is 0.398 e. The number of sulfonamides is 1. The van der Waals surface area contributed by atoms with Gasteiger partial charge in [0.2, 0.25) is 10.0 Å². The molecule has 1 aromatic rings. The van der Waals surface area contributed by atoms with E-state index in [1.807, 2.05) is 0 Å². The molecule has 0 aliphatic heterocycles. The lowest BCUT2D eigenvalue weighted by atomic mass is 10.1. The highest BCUT2D eigenvalue weighted by Gasteiger charge is 2.20. The molecule has 20 heavy (non-hydrogen) atoms. The predicted molar refractivity (Wildman–Crippen MR) is 79.4 cm³/mol. The molecule has 0 aromatic heterocycles. The van der Waals surface area contributed by atoms with Gasteiger partial charge in [0.1, 0.15) is 5.82 Å². The molecule has 0 spiro atoms. The number of benzene rings is 1. The molecule has 0 fully saturated rings. The Morgan fingerprint density at radius 2 is 1.85 bits per heavy atom. The molecule has 1 atom stereocenters. The van der Waals surface area contributed by atoms with Crippen molar-refractivity contribution >= 4 is 15.7 Å². The normalized spacial score (nSPS) is 13.7. The first-order chi connectivity index (χ1) is 9.13. The average molecular weight is 302 g/mol. The molecule has 114 valence electrons. The number of rotatable bonds is 6. The van der Waals surface area contributed by atoms with Gasteiger partial charge in [-0.3, -0.25) is 0 Å². The summed E-state index contributed by atoms with van der Waals surface area (Å²) in [6.45, 7) is 7.47. The minimum absolute atomic E-state index is 0.130. The summed E-state index contributed by atoms with van der Waals surface area (Å²) in [5.41, 5.74) is 6.02. The molecule has 0 saturated heterocycles. The van der Waals surface area contributed by atoms with Gasteiger partial charge in [0.25, 0.3) is 0 Å². The van der Waals surface area contributed by atoms with Gasteiger partial charge in [0, 0.05) is 17.3 Å². The quantitative estimate of drug-likeness (QED) is 0.794. The van der Waals surface area contributed by atoms with Crippen LogP contribution in [0.15, 0.2) is 17.0 Å². The summed E-state index contributed by atoms with van der Waals surface area (Å²) in [6, 6.07) is 2.09. The van der Waals surface area contributed by atoms with Gasteiger partial charge in [-0.2, -0.15) is 0 Å². The topological polar surface area (TPSA) is 72.2 Å². The van der Waals surface area contributed by atoms with Crippen LogP contribution in [-0.2, 0) is 10.0 Å².